The highest BCUT2D eigenvalue weighted by Crippen LogP contribution is 2.67. The quantitative estimate of drug-likeness (QED) is 0.163. The second-order valence-corrected chi connectivity index (χ2v) is 17.4. The third-order valence-electron chi connectivity index (χ3n) is 12.5. The van der Waals surface area contributed by atoms with Crippen molar-refractivity contribution in [3.8, 4) is 51.0 Å². The zero-order chi connectivity index (χ0) is 39.0. The Bertz CT molecular complexity index is 2440. The van der Waals surface area contributed by atoms with Crippen LogP contribution in [0.15, 0.2) is 115 Å². The van der Waals surface area contributed by atoms with Crippen LogP contribution >= 0.6 is 0 Å². The van der Waals surface area contributed by atoms with Crippen LogP contribution in [0.1, 0.15) is 74.8 Å². The van der Waals surface area contributed by atoms with Crippen LogP contribution in [0, 0.1) is 10.8 Å². The fourth-order valence-electron chi connectivity index (χ4n) is 11.0. The van der Waals surface area contributed by atoms with Crippen LogP contribution in [0.5, 0.6) is 28.7 Å². The van der Waals surface area contributed by atoms with Gasteiger partial charge in [0.2, 0.25) is 0 Å². The Labute approximate surface area is 330 Å². The minimum Gasteiger partial charge on any atom is -0.497 e. The normalized spacial score (nSPS) is 17.7. The molecule has 0 saturated heterocycles. The summed E-state index contributed by atoms with van der Waals surface area (Å²) in [4.78, 5) is 0. The molecule has 6 aromatic carbocycles. The first-order chi connectivity index (χ1) is 26.9. The lowest BCUT2D eigenvalue weighted by atomic mass is 9.52. The van der Waals surface area contributed by atoms with Crippen molar-refractivity contribution in [2.45, 2.75) is 58.0 Å². The largest absolute Gasteiger partial charge is 0.497 e. The number of rotatable bonds is 7. The third kappa shape index (κ3) is 5.50. The van der Waals surface area contributed by atoms with E-state index in [4.69, 9.17) is 23.7 Å². The Morgan fingerprint density at radius 2 is 1.11 bits per heavy atom. The average Bonchev–Trinajstić information content (AvgIpc) is 3.47. The first-order valence-electron chi connectivity index (χ1n) is 19.6. The van der Waals surface area contributed by atoms with E-state index in [1.165, 1.54) is 28.7 Å². The van der Waals surface area contributed by atoms with Crippen molar-refractivity contribution in [1.29, 1.82) is 0 Å². The van der Waals surface area contributed by atoms with Gasteiger partial charge in [0.25, 0.3) is 0 Å². The molecule has 0 aromatic heterocycles. The number of benzene rings is 6. The van der Waals surface area contributed by atoms with Crippen LogP contribution in [0.2, 0.25) is 0 Å². The van der Waals surface area contributed by atoms with E-state index in [0.717, 1.165) is 80.2 Å². The van der Waals surface area contributed by atoms with Gasteiger partial charge in [-0.25, -0.2) is 0 Å². The van der Waals surface area contributed by atoms with Gasteiger partial charge >= 0.3 is 0 Å². The molecule has 6 aromatic rings. The van der Waals surface area contributed by atoms with E-state index in [-0.39, 0.29) is 16.2 Å². The van der Waals surface area contributed by atoms with Gasteiger partial charge in [0.15, 0.2) is 5.60 Å². The van der Waals surface area contributed by atoms with Crippen LogP contribution < -0.4 is 23.7 Å². The predicted octanol–water partition coefficient (Wildman–Crippen LogP) is 12.4. The molecule has 56 heavy (non-hydrogen) atoms. The summed E-state index contributed by atoms with van der Waals surface area (Å²) in [6, 6.07) is 38.4. The summed E-state index contributed by atoms with van der Waals surface area (Å²) in [5, 5.41) is 2.18. The Balaban J connectivity index is 1.40. The Hall–Kier alpha value is -5.68. The minimum absolute atomic E-state index is 0.114. The summed E-state index contributed by atoms with van der Waals surface area (Å²) >= 11 is 0. The molecule has 0 unspecified atom stereocenters. The van der Waals surface area contributed by atoms with E-state index in [1.807, 2.05) is 36.4 Å². The van der Waals surface area contributed by atoms with Gasteiger partial charge in [0, 0.05) is 33.1 Å². The highest BCUT2D eigenvalue weighted by molar-refractivity contribution is 6.10. The molecule has 1 saturated carbocycles. The van der Waals surface area contributed by atoms with E-state index in [1.54, 1.807) is 28.4 Å². The van der Waals surface area contributed by atoms with Crippen LogP contribution in [0.4, 0.5) is 0 Å². The molecular formula is C51H50O5. The van der Waals surface area contributed by atoms with E-state index < -0.39 is 5.60 Å². The van der Waals surface area contributed by atoms with Gasteiger partial charge in [-0.05, 0) is 118 Å². The fourth-order valence-corrected chi connectivity index (χ4v) is 11.0. The van der Waals surface area contributed by atoms with Gasteiger partial charge in [-0.2, -0.15) is 0 Å². The zero-order valence-electron chi connectivity index (χ0n) is 33.7. The second kappa shape index (κ2) is 12.9. The molecule has 3 aliphatic rings. The first kappa shape index (κ1) is 36.0. The van der Waals surface area contributed by atoms with E-state index in [2.05, 4.69) is 113 Å². The van der Waals surface area contributed by atoms with E-state index >= 15 is 0 Å². The number of ether oxygens (including phenoxy) is 5. The van der Waals surface area contributed by atoms with Gasteiger partial charge < -0.3 is 23.7 Å². The molecule has 0 atom stereocenters. The van der Waals surface area contributed by atoms with Crippen molar-refractivity contribution < 1.29 is 23.7 Å². The van der Waals surface area contributed by atoms with Crippen molar-refractivity contribution in [2.75, 3.05) is 28.4 Å². The van der Waals surface area contributed by atoms with Crippen LogP contribution in [-0.2, 0) is 11.0 Å². The van der Waals surface area contributed by atoms with Crippen molar-refractivity contribution in [1.82, 2.24) is 0 Å². The Morgan fingerprint density at radius 1 is 0.554 bits per heavy atom. The van der Waals surface area contributed by atoms with Crippen LogP contribution in [0.25, 0.3) is 39.1 Å². The molecule has 1 aliphatic heterocycles. The first-order valence-corrected chi connectivity index (χ1v) is 19.6. The third-order valence-corrected chi connectivity index (χ3v) is 12.5. The molecular weight excluding hydrogens is 693 g/mol. The summed E-state index contributed by atoms with van der Waals surface area (Å²) in [7, 11) is 6.86. The molecule has 1 spiro atoms. The standard InChI is InChI=1S/C51H50O5/c1-48(2)29-49(3,4)31-50(30-48)43-12-10-9-11-38(43)45-41-28-44(55-8)40(32-13-19-35(52-5)20-14-32)27-42(41)47-39(46(45)50)25-26-51(56-47,33-15-21-36(53-6)22-16-33)34-17-23-37(54-7)24-18-34/h9-28H,29-31H2,1-8H3. The Morgan fingerprint density at radius 3 is 1.66 bits per heavy atom. The number of hydrogen-bond acceptors (Lipinski definition) is 5. The highest BCUT2D eigenvalue weighted by atomic mass is 16.5. The molecule has 284 valence electrons. The number of methoxy groups -OCH3 is 4. The highest BCUT2D eigenvalue weighted by Gasteiger charge is 2.55. The fraction of sp³-hybridized carbons (Fsp3) is 0.294. The maximum absolute atomic E-state index is 7.79. The molecule has 0 amide bonds. The average molecular weight is 743 g/mol. The molecule has 0 radical (unpaired) electrons. The van der Waals surface area contributed by atoms with Gasteiger partial charge in [-0.15, -0.1) is 0 Å². The molecule has 1 heterocycles. The van der Waals surface area contributed by atoms with Crippen molar-refractivity contribution in [3.63, 3.8) is 0 Å². The van der Waals surface area contributed by atoms with Crippen LogP contribution in [0.3, 0.4) is 0 Å². The molecule has 2 aliphatic carbocycles. The van der Waals surface area contributed by atoms with Crippen molar-refractivity contribution in [2.24, 2.45) is 10.8 Å². The van der Waals surface area contributed by atoms with E-state index in [0.29, 0.717) is 0 Å². The summed E-state index contributed by atoms with van der Waals surface area (Å²) in [5.41, 5.74) is 9.63. The Kier molecular flexibility index (Phi) is 8.32. The van der Waals surface area contributed by atoms with Gasteiger partial charge in [-0.3, -0.25) is 0 Å². The smallest absolute Gasteiger partial charge is 0.178 e. The number of fused-ring (bicyclic) bond motifs is 10. The van der Waals surface area contributed by atoms with Crippen molar-refractivity contribution >= 4 is 16.8 Å². The summed E-state index contributed by atoms with van der Waals surface area (Å²) in [5.74, 6) is 4.08. The van der Waals surface area contributed by atoms with Crippen LogP contribution in [-0.4, -0.2) is 28.4 Å². The monoisotopic (exact) mass is 742 g/mol. The summed E-state index contributed by atoms with van der Waals surface area (Å²) in [6.45, 7) is 9.83. The zero-order valence-corrected chi connectivity index (χ0v) is 33.7. The summed E-state index contributed by atoms with van der Waals surface area (Å²) < 4.78 is 30.8. The minimum atomic E-state index is -0.948. The molecule has 0 bridgehead atoms. The van der Waals surface area contributed by atoms with Gasteiger partial charge in [0.05, 0.1) is 28.4 Å². The second-order valence-electron chi connectivity index (χ2n) is 17.4. The lowest BCUT2D eigenvalue weighted by molar-refractivity contribution is 0.0642. The molecule has 5 heteroatoms. The molecule has 9 rings (SSSR count). The topological polar surface area (TPSA) is 46.2 Å². The summed E-state index contributed by atoms with van der Waals surface area (Å²) in [6.07, 6.45) is 7.89. The lowest BCUT2D eigenvalue weighted by Gasteiger charge is -2.52. The molecule has 5 nitrogen and oxygen atoms in total. The van der Waals surface area contributed by atoms with E-state index in [9.17, 15) is 0 Å². The maximum Gasteiger partial charge on any atom is 0.178 e. The predicted molar refractivity (Wildman–Crippen MR) is 227 cm³/mol. The van der Waals surface area contributed by atoms with Crippen molar-refractivity contribution in [3.05, 3.63) is 143 Å². The lowest BCUT2D eigenvalue weighted by Crippen LogP contribution is -2.44. The van der Waals surface area contributed by atoms with Gasteiger partial charge in [-0.1, -0.05) is 94.4 Å². The number of hydrogen-bond donors (Lipinski definition) is 0. The van der Waals surface area contributed by atoms with Gasteiger partial charge in [0.1, 0.15) is 28.7 Å². The molecule has 1 fully saturated rings. The maximum atomic E-state index is 7.79. The molecule has 0 N–H and O–H groups in total. The SMILES string of the molecule is COc1ccc(-c2cc3c4c(c5c(c3cc2OC)-c2ccccc2C52CC(C)(C)CC(C)(C)C2)C=CC(c2ccc(OC)cc2)(c2ccc(OC)cc2)O4)cc1.